The van der Waals surface area contributed by atoms with Crippen molar-refractivity contribution in [3.05, 3.63) is 63.1 Å². The van der Waals surface area contributed by atoms with Gasteiger partial charge in [0.1, 0.15) is 5.82 Å². The fraction of sp³-hybridized carbons (Fsp3) is 0.0625. The van der Waals surface area contributed by atoms with E-state index in [1.807, 2.05) is 0 Å². The maximum atomic E-state index is 11.7. The number of carboxylic acid groups (broad SMARTS) is 1. The van der Waals surface area contributed by atoms with E-state index >= 15 is 0 Å². The minimum Gasteiger partial charge on any atom is -0.477 e. The molecule has 2 aromatic heterocycles. The highest BCUT2D eigenvalue weighted by Gasteiger charge is 2.24. The molecule has 3 aromatic rings. The van der Waals surface area contributed by atoms with E-state index in [2.05, 4.69) is 9.97 Å². The lowest BCUT2D eigenvalue weighted by molar-refractivity contribution is 0.0687. The highest BCUT2D eigenvalue weighted by atomic mass is 35.5. The lowest BCUT2D eigenvalue weighted by atomic mass is 10.2. The van der Waals surface area contributed by atoms with Gasteiger partial charge in [0.2, 0.25) is 0 Å². The van der Waals surface area contributed by atoms with Gasteiger partial charge in [-0.25, -0.2) is 9.78 Å². The Bertz CT molecular complexity index is 954. The summed E-state index contributed by atoms with van der Waals surface area (Å²) < 4.78 is 1.44. The molecule has 0 bridgehead atoms. The predicted molar refractivity (Wildman–Crippen MR) is 93.5 cm³/mol. The number of aromatic nitrogens is 3. The van der Waals surface area contributed by atoms with Gasteiger partial charge in [0.25, 0.3) is 0 Å². The zero-order chi connectivity index (χ0) is 17.4. The number of aryl methyl sites for hydroxylation is 1. The Kier molecular flexibility index (Phi) is 4.49. The molecule has 0 aliphatic heterocycles. The molecule has 1 aromatic carbocycles. The van der Waals surface area contributed by atoms with E-state index in [0.717, 1.165) is 0 Å². The number of rotatable bonds is 3. The Morgan fingerprint density at radius 2 is 1.88 bits per heavy atom. The average Bonchev–Trinajstić information content (AvgIpc) is 2.87. The van der Waals surface area contributed by atoms with Crippen molar-refractivity contribution in [2.75, 3.05) is 0 Å². The summed E-state index contributed by atoms with van der Waals surface area (Å²) in [5.41, 5.74) is 1.31. The highest BCUT2D eigenvalue weighted by molar-refractivity contribution is 6.34. The summed E-state index contributed by atoms with van der Waals surface area (Å²) in [4.78, 5) is 20.1. The van der Waals surface area contributed by atoms with Crippen molar-refractivity contribution in [3.8, 4) is 17.1 Å². The van der Waals surface area contributed by atoms with Crippen LogP contribution in [0.2, 0.25) is 15.1 Å². The Labute approximate surface area is 152 Å². The van der Waals surface area contributed by atoms with Crippen molar-refractivity contribution in [3.63, 3.8) is 0 Å². The molecule has 0 aliphatic rings. The van der Waals surface area contributed by atoms with Crippen molar-refractivity contribution >= 4 is 40.8 Å². The van der Waals surface area contributed by atoms with Crippen LogP contribution >= 0.6 is 34.8 Å². The maximum absolute atomic E-state index is 11.7. The molecule has 5 nitrogen and oxygen atoms in total. The first kappa shape index (κ1) is 16.8. The van der Waals surface area contributed by atoms with Gasteiger partial charge in [-0.2, -0.15) is 0 Å². The maximum Gasteiger partial charge on any atom is 0.354 e. The van der Waals surface area contributed by atoms with Gasteiger partial charge in [-0.15, -0.1) is 0 Å². The van der Waals surface area contributed by atoms with Gasteiger partial charge in [0.15, 0.2) is 5.69 Å². The van der Waals surface area contributed by atoms with Gasteiger partial charge >= 0.3 is 5.97 Å². The summed E-state index contributed by atoms with van der Waals surface area (Å²) >= 11 is 18.3. The lowest BCUT2D eigenvalue weighted by Gasteiger charge is -2.12. The lowest BCUT2D eigenvalue weighted by Crippen LogP contribution is -2.09. The third-order valence-corrected chi connectivity index (χ3v) is 4.13. The van der Waals surface area contributed by atoms with Crippen LogP contribution in [0.3, 0.4) is 0 Å². The van der Waals surface area contributed by atoms with Crippen molar-refractivity contribution in [1.82, 2.24) is 14.5 Å². The molecular formula is C16H10Cl3N3O2. The first-order valence-electron chi connectivity index (χ1n) is 6.77. The van der Waals surface area contributed by atoms with E-state index in [4.69, 9.17) is 34.8 Å². The molecule has 2 heterocycles. The molecule has 122 valence electrons. The topological polar surface area (TPSA) is 68.0 Å². The van der Waals surface area contributed by atoms with E-state index in [-0.39, 0.29) is 5.69 Å². The standard InChI is InChI=1S/C16H10Cl3N3O2/c1-8-14(16(23)24)22(13-5-10(17)2-3-12(13)19)15(21-8)9-4-11(18)7-20-6-9/h2-7H,1H3,(H,23,24). The van der Waals surface area contributed by atoms with Gasteiger partial charge in [0, 0.05) is 23.0 Å². The van der Waals surface area contributed by atoms with Crippen LogP contribution in [0.4, 0.5) is 0 Å². The monoisotopic (exact) mass is 381 g/mol. The van der Waals surface area contributed by atoms with E-state index in [0.29, 0.717) is 37.8 Å². The van der Waals surface area contributed by atoms with Gasteiger partial charge in [-0.1, -0.05) is 34.8 Å². The number of nitrogens with zero attached hydrogens (tertiary/aromatic N) is 3. The largest absolute Gasteiger partial charge is 0.477 e. The van der Waals surface area contributed by atoms with Gasteiger partial charge in [0.05, 0.1) is 21.4 Å². The normalized spacial score (nSPS) is 10.8. The van der Waals surface area contributed by atoms with Crippen LogP contribution in [-0.2, 0) is 0 Å². The molecule has 0 radical (unpaired) electrons. The van der Waals surface area contributed by atoms with E-state index < -0.39 is 5.97 Å². The summed E-state index contributed by atoms with van der Waals surface area (Å²) in [7, 11) is 0. The smallest absolute Gasteiger partial charge is 0.354 e. The third-order valence-electron chi connectivity index (χ3n) is 3.37. The van der Waals surface area contributed by atoms with Gasteiger partial charge < -0.3 is 5.11 Å². The van der Waals surface area contributed by atoms with Crippen LogP contribution in [-0.4, -0.2) is 25.6 Å². The molecule has 0 saturated heterocycles. The van der Waals surface area contributed by atoms with Crippen LogP contribution < -0.4 is 0 Å². The van der Waals surface area contributed by atoms with Gasteiger partial charge in [-0.3, -0.25) is 9.55 Å². The summed E-state index contributed by atoms with van der Waals surface area (Å²) in [5, 5.41) is 10.8. The molecule has 0 spiro atoms. The minimum atomic E-state index is -1.13. The molecule has 0 saturated carbocycles. The fourth-order valence-electron chi connectivity index (χ4n) is 2.40. The molecule has 8 heteroatoms. The Morgan fingerprint density at radius 3 is 2.54 bits per heavy atom. The number of imidazole rings is 1. The fourth-order valence-corrected chi connectivity index (χ4v) is 2.94. The summed E-state index contributed by atoms with van der Waals surface area (Å²) in [6.45, 7) is 1.61. The second-order valence-electron chi connectivity index (χ2n) is 5.00. The predicted octanol–water partition coefficient (Wildman–Crippen LogP) is 4.90. The Morgan fingerprint density at radius 1 is 1.12 bits per heavy atom. The zero-order valence-corrected chi connectivity index (χ0v) is 14.6. The molecule has 3 rings (SSSR count). The van der Waals surface area contributed by atoms with Crippen LogP contribution in [0.15, 0.2) is 36.7 Å². The zero-order valence-electron chi connectivity index (χ0n) is 12.3. The second kappa shape index (κ2) is 6.43. The molecule has 0 amide bonds. The number of pyridine rings is 1. The van der Waals surface area contributed by atoms with Crippen LogP contribution in [0, 0.1) is 6.92 Å². The molecule has 0 unspecified atom stereocenters. The molecule has 0 atom stereocenters. The van der Waals surface area contributed by atoms with Crippen LogP contribution in [0.25, 0.3) is 17.1 Å². The molecule has 24 heavy (non-hydrogen) atoms. The van der Waals surface area contributed by atoms with E-state index in [9.17, 15) is 9.90 Å². The summed E-state index contributed by atoms with van der Waals surface area (Å²) in [6.07, 6.45) is 3.03. The van der Waals surface area contributed by atoms with Crippen molar-refractivity contribution in [1.29, 1.82) is 0 Å². The molecule has 0 aliphatic carbocycles. The second-order valence-corrected chi connectivity index (χ2v) is 6.28. The van der Waals surface area contributed by atoms with E-state index in [1.54, 1.807) is 37.4 Å². The quantitative estimate of drug-likeness (QED) is 0.699. The summed E-state index contributed by atoms with van der Waals surface area (Å²) in [5.74, 6) is -0.763. The SMILES string of the molecule is Cc1nc(-c2cncc(Cl)c2)n(-c2cc(Cl)ccc2Cl)c1C(=O)O. The van der Waals surface area contributed by atoms with Crippen molar-refractivity contribution in [2.45, 2.75) is 6.92 Å². The number of carbonyl (C=O) groups is 1. The number of hydrogen-bond donors (Lipinski definition) is 1. The first-order chi connectivity index (χ1) is 11.4. The summed E-state index contributed by atoms with van der Waals surface area (Å²) in [6, 6.07) is 6.45. The number of benzene rings is 1. The molecular weight excluding hydrogens is 373 g/mol. The Balaban J connectivity index is 2.38. The average molecular weight is 383 g/mol. The van der Waals surface area contributed by atoms with Gasteiger partial charge in [-0.05, 0) is 31.2 Å². The molecule has 0 fully saturated rings. The number of carboxylic acids is 1. The number of aromatic carboxylic acids is 1. The van der Waals surface area contributed by atoms with Crippen LogP contribution in [0.1, 0.15) is 16.2 Å². The number of hydrogen-bond acceptors (Lipinski definition) is 3. The van der Waals surface area contributed by atoms with Crippen molar-refractivity contribution in [2.24, 2.45) is 0 Å². The van der Waals surface area contributed by atoms with Crippen LogP contribution in [0.5, 0.6) is 0 Å². The Hall–Kier alpha value is -2.08. The van der Waals surface area contributed by atoms with Crippen molar-refractivity contribution < 1.29 is 9.90 Å². The number of halogens is 3. The highest BCUT2D eigenvalue weighted by Crippen LogP contribution is 2.32. The minimum absolute atomic E-state index is 0.00542. The van der Waals surface area contributed by atoms with E-state index in [1.165, 1.54) is 10.8 Å². The first-order valence-corrected chi connectivity index (χ1v) is 7.91. The third kappa shape index (κ3) is 2.98. The molecule has 1 N–H and O–H groups in total.